The standard InChI is InChI=1S/C20H26N6O3S/c1-15-13-16(2)26(25-15)20-14-19(23-17(3)24-20)21-9-10-22-30(27,28)12-11-29-18-7-5-4-6-8-18/h4-8,13-14,22H,9-12H2,1-3H3,(H,21,23,24). The Labute approximate surface area is 176 Å². The summed E-state index contributed by atoms with van der Waals surface area (Å²) in [5, 5.41) is 7.56. The Kier molecular flexibility index (Phi) is 7.01. The molecule has 0 spiro atoms. The van der Waals surface area contributed by atoms with Crippen LogP contribution in [0.2, 0.25) is 0 Å². The largest absolute Gasteiger partial charge is 0.492 e. The Morgan fingerprint density at radius 3 is 2.50 bits per heavy atom. The lowest BCUT2D eigenvalue weighted by atomic mass is 10.3. The number of aryl methyl sites for hydroxylation is 3. The number of nitrogens with one attached hydrogen (secondary N) is 2. The van der Waals surface area contributed by atoms with E-state index in [0.717, 1.165) is 11.4 Å². The van der Waals surface area contributed by atoms with Gasteiger partial charge < -0.3 is 10.1 Å². The molecule has 0 amide bonds. The van der Waals surface area contributed by atoms with Gasteiger partial charge in [-0.15, -0.1) is 0 Å². The quantitative estimate of drug-likeness (QED) is 0.473. The molecular formula is C20H26N6O3S. The predicted molar refractivity (Wildman–Crippen MR) is 116 cm³/mol. The second-order valence-corrected chi connectivity index (χ2v) is 8.73. The summed E-state index contributed by atoms with van der Waals surface area (Å²) in [4.78, 5) is 8.78. The zero-order valence-electron chi connectivity index (χ0n) is 17.3. The minimum Gasteiger partial charge on any atom is -0.492 e. The highest BCUT2D eigenvalue weighted by molar-refractivity contribution is 7.89. The molecular weight excluding hydrogens is 404 g/mol. The van der Waals surface area contributed by atoms with E-state index in [9.17, 15) is 8.42 Å². The van der Waals surface area contributed by atoms with Crippen molar-refractivity contribution in [3.05, 3.63) is 59.7 Å². The molecule has 0 aliphatic rings. The van der Waals surface area contributed by atoms with Crippen LogP contribution in [0, 0.1) is 20.8 Å². The second kappa shape index (κ2) is 9.68. The van der Waals surface area contributed by atoms with Crippen LogP contribution in [-0.2, 0) is 10.0 Å². The molecule has 0 unspecified atom stereocenters. The Morgan fingerprint density at radius 2 is 1.80 bits per heavy atom. The van der Waals surface area contributed by atoms with Gasteiger partial charge in [0.25, 0.3) is 0 Å². The van der Waals surface area contributed by atoms with Gasteiger partial charge in [0.2, 0.25) is 10.0 Å². The maximum atomic E-state index is 12.1. The molecule has 0 bridgehead atoms. The summed E-state index contributed by atoms with van der Waals surface area (Å²) in [5.74, 6) is 2.40. The van der Waals surface area contributed by atoms with E-state index in [4.69, 9.17) is 4.74 Å². The molecule has 3 aromatic rings. The van der Waals surface area contributed by atoms with E-state index >= 15 is 0 Å². The van der Waals surface area contributed by atoms with Crippen LogP contribution < -0.4 is 14.8 Å². The summed E-state index contributed by atoms with van der Waals surface area (Å²) in [6, 6.07) is 12.9. The van der Waals surface area contributed by atoms with Gasteiger partial charge in [0, 0.05) is 24.8 Å². The van der Waals surface area contributed by atoms with Gasteiger partial charge >= 0.3 is 0 Å². The topological polar surface area (TPSA) is 111 Å². The summed E-state index contributed by atoms with van der Waals surface area (Å²) < 4.78 is 34.0. The number of ether oxygens (including phenoxy) is 1. The van der Waals surface area contributed by atoms with Crippen LogP contribution in [0.1, 0.15) is 17.2 Å². The van der Waals surface area contributed by atoms with Gasteiger partial charge in [0.15, 0.2) is 5.82 Å². The van der Waals surface area contributed by atoms with Crippen molar-refractivity contribution in [2.24, 2.45) is 0 Å². The third-order valence-corrected chi connectivity index (χ3v) is 5.52. The molecule has 160 valence electrons. The number of rotatable bonds is 10. The molecule has 0 saturated carbocycles. The maximum absolute atomic E-state index is 12.1. The van der Waals surface area contributed by atoms with Crippen molar-refractivity contribution in [2.45, 2.75) is 20.8 Å². The second-order valence-electron chi connectivity index (χ2n) is 6.80. The summed E-state index contributed by atoms with van der Waals surface area (Å²) in [7, 11) is -3.43. The Hall–Kier alpha value is -2.98. The van der Waals surface area contributed by atoms with Crippen molar-refractivity contribution >= 4 is 15.8 Å². The fourth-order valence-electron chi connectivity index (χ4n) is 2.87. The van der Waals surface area contributed by atoms with Crippen LogP contribution in [0.15, 0.2) is 42.5 Å². The van der Waals surface area contributed by atoms with Crippen molar-refractivity contribution < 1.29 is 13.2 Å². The highest BCUT2D eigenvalue weighted by atomic mass is 32.2. The normalized spacial score (nSPS) is 11.4. The van der Waals surface area contributed by atoms with E-state index in [2.05, 4.69) is 25.1 Å². The van der Waals surface area contributed by atoms with Gasteiger partial charge in [-0.3, -0.25) is 0 Å². The third kappa shape index (κ3) is 6.26. The van der Waals surface area contributed by atoms with E-state index < -0.39 is 10.0 Å². The fourth-order valence-corrected chi connectivity index (χ4v) is 3.73. The van der Waals surface area contributed by atoms with Crippen molar-refractivity contribution in [1.29, 1.82) is 0 Å². The van der Waals surface area contributed by atoms with E-state index in [-0.39, 0.29) is 18.9 Å². The van der Waals surface area contributed by atoms with Gasteiger partial charge in [0.05, 0.1) is 11.4 Å². The molecule has 0 fully saturated rings. The molecule has 9 nitrogen and oxygen atoms in total. The zero-order valence-corrected chi connectivity index (χ0v) is 18.1. The van der Waals surface area contributed by atoms with Crippen molar-refractivity contribution in [3.63, 3.8) is 0 Å². The van der Waals surface area contributed by atoms with Crippen molar-refractivity contribution in [3.8, 4) is 11.6 Å². The maximum Gasteiger partial charge on any atom is 0.215 e. The van der Waals surface area contributed by atoms with Crippen LogP contribution in [0.25, 0.3) is 5.82 Å². The SMILES string of the molecule is Cc1cc(C)n(-c2cc(NCCNS(=O)(=O)CCOc3ccccc3)nc(C)n2)n1. The molecule has 2 heterocycles. The molecule has 3 rings (SSSR count). The highest BCUT2D eigenvalue weighted by Crippen LogP contribution is 2.13. The predicted octanol–water partition coefficient (Wildman–Crippen LogP) is 2.00. The van der Waals surface area contributed by atoms with E-state index in [0.29, 0.717) is 29.8 Å². The van der Waals surface area contributed by atoms with Crippen LogP contribution in [0.3, 0.4) is 0 Å². The first-order valence-corrected chi connectivity index (χ1v) is 11.3. The van der Waals surface area contributed by atoms with Crippen LogP contribution in [0.4, 0.5) is 5.82 Å². The number of anilines is 1. The summed E-state index contributed by atoms with van der Waals surface area (Å²) in [5.41, 5.74) is 1.88. The van der Waals surface area contributed by atoms with Gasteiger partial charge in [-0.2, -0.15) is 5.10 Å². The summed E-state index contributed by atoms with van der Waals surface area (Å²) in [6.07, 6.45) is 0. The Bertz CT molecular complexity index is 1080. The number of para-hydroxylation sites is 1. The monoisotopic (exact) mass is 430 g/mol. The summed E-state index contributed by atoms with van der Waals surface area (Å²) >= 11 is 0. The molecule has 1 aromatic carbocycles. The first-order valence-electron chi connectivity index (χ1n) is 9.61. The molecule has 2 aromatic heterocycles. The molecule has 0 saturated heterocycles. The number of hydrogen-bond acceptors (Lipinski definition) is 7. The third-order valence-electron chi connectivity index (χ3n) is 4.17. The molecule has 0 atom stereocenters. The average molecular weight is 431 g/mol. The first kappa shape index (κ1) is 21.7. The zero-order chi connectivity index (χ0) is 21.6. The van der Waals surface area contributed by atoms with Gasteiger partial charge in [-0.1, -0.05) is 18.2 Å². The molecule has 0 radical (unpaired) electrons. The van der Waals surface area contributed by atoms with Gasteiger partial charge in [0.1, 0.15) is 24.0 Å². The molecule has 0 aliphatic heterocycles. The fraction of sp³-hybridized carbons (Fsp3) is 0.350. The molecule has 30 heavy (non-hydrogen) atoms. The molecule has 2 N–H and O–H groups in total. The minimum atomic E-state index is -3.43. The van der Waals surface area contributed by atoms with Crippen molar-refractivity contribution in [1.82, 2.24) is 24.5 Å². The van der Waals surface area contributed by atoms with Crippen LogP contribution in [-0.4, -0.2) is 53.6 Å². The average Bonchev–Trinajstić information content (AvgIpc) is 3.04. The lowest BCUT2D eigenvalue weighted by molar-refractivity contribution is 0.340. The number of aromatic nitrogens is 4. The van der Waals surface area contributed by atoms with Gasteiger partial charge in [-0.25, -0.2) is 27.8 Å². The van der Waals surface area contributed by atoms with E-state index in [1.54, 1.807) is 29.8 Å². The van der Waals surface area contributed by atoms with Gasteiger partial charge in [-0.05, 0) is 39.0 Å². The Morgan fingerprint density at radius 1 is 1.03 bits per heavy atom. The first-order chi connectivity index (χ1) is 14.3. The lowest BCUT2D eigenvalue weighted by Gasteiger charge is -2.11. The number of hydrogen-bond donors (Lipinski definition) is 2. The smallest absolute Gasteiger partial charge is 0.215 e. The highest BCUT2D eigenvalue weighted by Gasteiger charge is 2.11. The Balaban J connectivity index is 1.48. The molecule has 0 aliphatic carbocycles. The van der Waals surface area contributed by atoms with Crippen LogP contribution >= 0.6 is 0 Å². The lowest BCUT2D eigenvalue weighted by Crippen LogP contribution is -2.32. The van der Waals surface area contributed by atoms with E-state index in [1.807, 2.05) is 38.1 Å². The number of benzene rings is 1. The van der Waals surface area contributed by atoms with Crippen LogP contribution in [0.5, 0.6) is 5.75 Å². The van der Waals surface area contributed by atoms with E-state index in [1.165, 1.54) is 0 Å². The summed E-state index contributed by atoms with van der Waals surface area (Å²) in [6.45, 7) is 6.38. The number of nitrogens with zero attached hydrogens (tertiary/aromatic N) is 4. The number of sulfonamides is 1. The molecule has 10 heteroatoms. The minimum absolute atomic E-state index is 0.0872. The van der Waals surface area contributed by atoms with Crippen molar-refractivity contribution in [2.75, 3.05) is 30.8 Å².